The van der Waals surface area contributed by atoms with Crippen molar-refractivity contribution in [2.75, 3.05) is 5.32 Å². The monoisotopic (exact) mass is 317 g/mol. The third kappa shape index (κ3) is 2.71. The highest BCUT2D eigenvalue weighted by molar-refractivity contribution is 9.10. The molecule has 0 saturated carbocycles. The van der Waals surface area contributed by atoms with E-state index in [1.165, 1.54) is 0 Å². The lowest BCUT2D eigenvalue weighted by Crippen LogP contribution is -1.99. The molecule has 5 heteroatoms. The summed E-state index contributed by atoms with van der Waals surface area (Å²) in [5.74, 6) is 0.885. The lowest BCUT2D eigenvalue weighted by Gasteiger charge is -2.06. The number of nitrogens with zero attached hydrogens (tertiary/aromatic N) is 2. The number of nitrogens with one attached hydrogen (secondary N) is 1. The molecule has 0 aliphatic rings. The fourth-order valence-electron chi connectivity index (χ4n) is 1.79. The maximum Gasteiger partial charge on any atom is 0.136 e. The van der Waals surface area contributed by atoms with Gasteiger partial charge >= 0.3 is 0 Å². The van der Waals surface area contributed by atoms with Crippen LogP contribution in [0.5, 0.6) is 0 Å². The molecule has 0 aliphatic heterocycles. The van der Waals surface area contributed by atoms with Gasteiger partial charge < -0.3 is 9.73 Å². The van der Waals surface area contributed by atoms with E-state index in [1.807, 2.05) is 47.3 Å². The average Bonchev–Trinajstić information content (AvgIpc) is 3.09. The van der Waals surface area contributed by atoms with Crippen molar-refractivity contribution in [3.63, 3.8) is 0 Å². The summed E-state index contributed by atoms with van der Waals surface area (Å²) in [6.45, 7) is 0.648. The summed E-state index contributed by atoms with van der Waals surface area (Å²) >= 11 is 3.43. The topological polar surface area (TPSA) is 43.0 Å². The van der Waals surface area contributed by atoms with E-state index in [9.17, 15) is 0 Å². The van der Waals surface area contributed by atoms with Gasteiger partial charge in [0.2, 0.25) is 0 Å². The van der Waals surface area contributed by atoms with Crippen LogP contribution in [0.15, 0.2) is 63.9 Å². The normalized spacial score (nSPS) is 10.6. The molecule has 0 atom stereocenters. The summed E-state index contributed by atoms with van der Waals surface area (Å²) in [5, 5.41) is 7.50. The van der Waals surface area contributed by atoms with E-state index in [4.69, 9.17) is 4.42 Å². The van der Waals surface area contributed by atoms with Crippen LogP contribution in [-0.4, -0.2) is 9.78 Å². The molecule has 0 aliphatic carbocycles. The predicted octanol–water partition coefficient (Wildman–Crippen LogP) is 3.84. The smallest absolute Gasteiger partial charge is 0.136 e. The standard InChI is InChI=1S/C14H12BrN3O/c15-13-6-9-19-14(13)10-16-11-2-4-12(5-3-11)18-8-1-7-17-18/h1-9,16H,10H2. The van der Waals surface area contributed by atoms with Crippen molar-refractivity contribution < 1.29 is 4.42 Å². The molecule has 3 rings (SSSR count). The zero-order chi connectivity index (χ0) is 13.1. The lowest BCUT2D eigenvalue weighted by atomic mass is 10.3. The highest BCUT2D eigenvalue weighted by Gasteiger charge is 2.03. The molecule has 1 N–H and O–H groups in total. The summed E-state index contributed by atoms with van der Waals surface area (Å²) in [6.07, 6.45) is 5.35. The van der Waals surface area contributed by atoms with E-state index < -0.39 is 0 Å². The van der Waals surface area contributed by atoms with Crippen LogP contribution >= 0.6 is 15.9 Å². The summed E-state index contributed by atoms with van der Waals surface area (Å²) < 4.78 is 8.15. The van der Waals surface area contributed by atoms with E-state index in [1.54, 1.807) is 12.5 Å². The molecule has 0 unspecified atom stereocenters. The summed E-state index contributed by atoms with van der Waals surface area (Å²) in [4.78, 5) is 0. The van der Waals surface area contributed by atoms with Crippen molar-refractivity contribution in [2.45, 2.75) is 6.54 Å². The lowest BCUT2D eigenvalue weighted by molar-refractivity contribution is 0.516. The van der Waals surface area contributed by atoms with Crippen LogP contribution < -0.4 is 5.32 Å². The van der Waals surface area contributed by atoms with Gasteiger partial charge in [-0.3, -0.25) is 0 Å². The van der Waals surface area contributed by atoms with E-state index in [0.717, 1.165) is 21.6 Å². The van der Waals surface area contributed by atoms with E-state index >= 15 is 0 Å². The quantitative estimate of drug-likeness (QED) is 0.795. The van der Waals surface area contributed by atoms with Gasteiger partial charge in [0, 0.05) is 18.1 Å². The van der Waals surface area contributed by atoms with Gasteiger partial charge in [-0.25, -0.2) is 4.68 Å². The molecule has 0 fully saturated rings. The molecule has 1 aromatic carbocycles. The number of hydrogen-bond acceptors (Lipinski definition) is 3. The number of hydrogen-bond donors (Lipinski definition) is 1. The van der Waals surface area contributed by atoms with Gasteiger partial charge in [0.25, 0.3) is 0 Å². The molecule has 2 heterocycles. The maximum absolute atomic E-state index is 5.35. The van der Waals surface area contributed by atoms with Gasteiger partial charge in [0.05, 0.1) is 23.0 Å². The minimum atomic E-state index is 0.648. The zero-order valence-electron chi connectivity index (χ0n) is 10.1. The van der Waals surface area contributed by atoms with Crippen molar-refractivity contribution in [3.05, 3.63) is 65.3 Å². The Morgan fingerprint density at radius 2 is 2.05 bits per heavy atom. The van der Waals surface area contributed by atoms with Crippen LogP contribution in [0.2, 0.25) is 0 Å². The molecule has 4 nitrogen and oxygen atoms in total. The molecular weight excluding hydrogens is 306 g/mol. The second-order valence-corrected chi connectivity index (χ2v) is 4.90. The van der Waals surface area contributed by atoms with Gasteiger partial charge in [0.1, 0.15) is 5.76 Å². The fourth-order valence-corrected chi connectivity index (χ4v) is 2.13. The van der Waals surface area contributed by atoms with E-state index in [2.05, 4.69) is 26.3 Å². The highest BCUT2D eigenvalue weighted by Crippen LogP contribution is 2.19. The summed E-state index contributed by atoms with van der Waals surface area (Å²) in [6, 6.07) is 11.9. The Labute approximate surface area is 119 Å². The van der Waals surface area contributed by atoms with Crippen LogP contribution in [0, 0.1) is 0 Å². The molecule has 3 aromatic rings. The van der Waals surface area contributed by atoms with E-state index in [0.29, 0.717) is 6.54 Å². The van der Waals surface area contributed by atoms with Crippen LogP contribution in [0.3, 0.4) is 0 Å². The predicted molar refractivity (Wildman–Crippen MR) is 77.3 cm³/mol. The molecule has 0 saturated heterocycles. The Morgan fingerprint density at radius 3 is 2.68 bits per heavy atom. The van der Waals surface area contributed by atoms with Crippen molar-refractivity contribution in [2.24, 2.45) is 0 Å². The highest BCUT2D eigenvalue weighted by atomic mass is 79.9. The summed E-state index contributed by atoms with van der Waals surface area (Å²) in [5.41, 5.74) is 2.08. The largest absolute Gasteiger partial charge is 0.466 e. The van der Waals surface area contributed by atoms with Gasteiger partial charge in [-0.05, 0) is 52.3 Å². The van der Waals surface area contributed by atoms with Crippen molar-refractivity contribution in [3.8, 4) is 5.69 Å². The Bertz CT molecular complexity index is 644. The molecule has 96 valence electrons. The summed E-state index contributed by atoms with van der Waals surface area (Å²) in [7, 11) is 0. The van der Waals surface area contributed by atoms with Crippen LogP contribution in [0.25, 0.3) is 5.69 Å². The van der Waals surface area contributed by atoms with Crippen LogP contribution in [0.4, 0.5) is 5.69 Å². The van der Waals surface area contributed by atoms with E-state index in [-0.39, 0.29) is 0 Å². The maximum atomic E-state index is 5.35. The van der Waals surface area contributed by atoms with Crippen molar-refractivity contribution >= 4 is 21.6 Å². The molecule has 19 heavy (non-hydrogen) atoms. The van der Waals surface area contributed by atoms with Crippen LogP contribution in [0.1, 0.15) is 5.76 Å². The van der Waals surface area contributed by atoms with Gasteiger partial charge in [-0.2, -0.15) is 5.10 Å². The second kappa shape index (κ2) is 5.32. The molecule has 0 radical (unpaired) electrons. The molecule has 2 aromatic heterocycles. The third-order valence-corrected chi connectivity index (χ3v) is 3.49. The number of halogens is 1. The van der Waals surface area contributed by atoms with Crippen molar-refractivity contribution in [1.29, 1.82) is 0 Å². The van der Waals surface area contributed by atoms with Crippen molar-refractivity contribution in [1.82, 2.24) is 9.78 Å². The number of furan rings is 1. The van der Waals surface area contributed by atoms with Gasteiger partial charge in [-0.1, -0.05) is 0 Å². The SMILES string of the molecule is Brc1ccoc1CNc1ccc(-n2cccn2)cc1. The first-order chi connectivity index (χ1) is 9.33. The van der Waals surface area contributed by atoms with Gasteiger partial charge in [-0.15, -0.1) is 0 Å². The Balaban J connectivity index is 1.68. The zero-order valence-corrected chi connectivity index (χ0v) is 11.7. The number of rotatable bonds is 4. The Kier molecular flexibility index (Phi) is 3.37. The first kappa shape index (κ1) is 12.0. The Morgan fingerprint density at radius 1 is 1.21 bits per heavy atom. The molecule has 0 bridgehead atoms. The molecule has 0 amide bonds. The first-order valence-corrected chi connectivity index (χ1v) is 6.68. The average molecular weight is 318 g/mol. The number of benzene rings is 1. The number of aromatic nitrogens is 2. The first-order valence-electron chi connectivity index (χ1n) is 5.89. The molecule has 0 spiro atoms. The van der Waals surface area contributed by atoms with Gasteiger partial charge in [0.15, 0.2) is 0 Å². The second-order valence-electron chi connectivity index (χ2n) is 4.04. The number of anilines is 1. The minimum Gasteiger partial charge on any atom is -0.466 e. The minimum absolute atomic E-state index is 0.648. The molecular formula is C14H12BrN3O. The third-order valence-electron chi connectivity index (χ3n) is 2.78. The Hall–Kier alpha value is -2.01. The van der Waals surface area contributed by atoms with Crippen LogP contribution in [-0.2, 0) is 6.54 Å². The fraction of sp³-hybridized carbons (Fsp3) is 0.0714.